The summed E-state index contributed by atoms with van der Waals surface area (Å²) in [6.45, 7) is 0.298. The van der Waals surface area contributed by atoms with E-state index < -0.39 is 15.9 Å². The number of sulfone groups is 1. The molecule has 4 N–H and O–H groups in total. The second kappa shape index (κ2) is 7.80. The number of rotatable bonds is 6. The zero-order valence-electron chi connectivity index (χ0n) is 13.7. The van der Waals surface area contributed by atoms with Gasteiger partial charge in [0.2, 0.25) is 0 Å². The van der Waals surface area contributed by atoms with Crippen LogP contribution in [0.3, 0.4) is 0 Å². The molecule has 132 valence electrons. The van der Waals surface area contributed by atoms with Gasteiger partial charge < -0.3 is 16.4 Å². The highest BCUT2D eigenvalue weighted by atomic mass is 32.2. The number of carbonyl (C=O) groups excluding carboxylic acids is 2. The van der Waals surface area contributed by atoms with Crippen LogP contribution < -0.4 is 16.4 Å². The number of hydrogen-bond acceptors (Lipinski definition) is 4. The number of primary amides is 1. The van der Waals surface area contributed by atoms with Crippen LogP contribution in [0.25, 0.3) is 0 Å². The van der Waals surface area contributed by atoms with Gasteiger partial charge in [-0.2, -0.15) is 0 Å². The number of carbonyl (C=O) groups is 2. The molecular formula is C17H19N3O4S. The Hall–Kier alpha value is -2.87. The Morgan fingerprint density at radius 3 is 2.32 bits per heavy atom. The lowest BCUT2D eigenvalue weighted by Crippen LogP contribution is -2.23. The van der Waals surface area contributed by atoms with E-state index >= 15 is 0 Å². The van der Waals surface area contributed by atoms with Gasteiger partial charge >= 0.3 is 6.03 Å². The maximum Gasteiger partial charge on any atom is 0.316 e. The molecule has 0 bridgehead atoms. The van der Waals surface area contributed by atoms with Crippen LogP contribution in [0.5, 0.6) is 0 Å². The predicted molar refractivity (Wildman–Crippen MR) is 95.8 cm³/mol. The van der Waals surface area contributed by atoms with Crippen LogP contribution in [0.1, 0.15) is 21.5 Å². The second-order valence-electron chi connectivity index (χ2n) is 5.64. The van der Waals surface area contributed by atoms with Crippen molar-refractivity contribution in [2.45, 2.75) is 12.3 Å². The van der Waals surface area contributed by atoms with Crippen molar-refractivity contribution in [1.29, 1.82) is 0 Å². The topological polar surface area (TPSA) is 118 Å². The first-order valence-corrected chi connectivity index (χ1v) is 9.49. The molecule has 0 saturated heterocycles. The SMILES string of the molecule is CS(=O)(=O)Cc1cccc(C(=O)NCc2ccc(NC(N)=O)cc2)c1. The minimum atomic E-state index is -3.16. The summed E-state index contributed by atoms with van der Waals surface area (Å²) in [4.78, 5) is 23.0. The van der Waals surface area contributed by atoms with Crippen molar-refractivity contribution in [2.75, 3.05) is 11.6 Å². The normalized spacial score (nSPS) is 10.9. The Morgan fingerprint density at radius 2 is 1.72 bits per heavy atom. The van der Waals surface area contributed by atoms with Crippen molar-refractivity contribution >= 4 is 27.5 Å². The molecule has 0 aromatic heterocycles. The fraction of sp³-hybridized carbons (Fsp3) is 0.176. The van der Waals surface area contributed by atoms with E-state index in [-0.39, 0.29) is 11.7 Å². The summed E-state index contributed by atoms with van der Waals surface area (Å²) >= 11 is 0. The Labute approximate surface area is 146 Å². The van der Waals surface area contributed by atoms with Crippen molar-refractivity contribution in [3.05, 3.63) is 65.2 Å². The highest BCUT2D eigenvalue weighted by Gasteiger charge is 2.09. The largest absolute Gasteiger partial charge is 0.351 e. The van der Waals surface area contributed by atoms with E-state index in [4.69, 9.17) is 5.73 Å². The molecule has 0 aliphatic carbocycles. The van der Waals surface area contributed by atoms with Crippen LogP contribution >= 0.6 is 0 Å². The Kier molecular flexibility index (Phi) is 5.76. The summed E-state index contributed by atoms with van der Waals surface area (Å²) in [5.41, 5.74) is 7.40. The molecule has 0 aliphatic heterocycles. The monoisotopic (exact) mass is 361 g/mol. The molecule has 0 atom stereocenters. The lowest BCUT2D eigenvalue weighted by atomic mass is 10.1. The van der Waals surface area contributed by atoms with Crippen molar-refractivity contribution < 1.29 is 18.0 Å². The summed E-state index contributed by atoms with van der Waals surface area (Å²) in [6.07, 6.45) is 1.15. The van der Waals surface area contributed by atoms with Gasteiger partial charge in [-0.1, -0.05) is 24.3 Å². The molecule has 8 heteroatoms. The van der Waals surface area contributed by atoms with Gasteiger partial charge in [0, 0.05) is 24.1 Å². The first-order valence-electron chi connectivity index (χ1n) is 7.43. The van der Waals surface area contributed by atoms with Gasteiger partial charge in [0.05, 0.1) is 5.75 Å². The van der Waals surface area contributed by atoms with Crippen LogP contribution in [-0.4, -0.2) is 26.6 Å². The van der Waals surface area contributed by atoms with E-state index in [0.29, 0.717) is 23.4 Å². The molecule has 2 rings (SSSR count). The molecule has 0 fully saturated rings. The van der Waals surface area contributed by atoms with Gasteiger partial charge in [-0.15, -0.1) is 0 Å². The highest BCUT2D eigenvalue weighted by molar-refractivity contribution is 7.89. The number of benzene rings is 2. The minimum Gasteiger partial charge on any atom is -0.351 e. The summed E-state index contributed by atoms with van der Waals surface area (Å²) in [7, 11) is -3.16. The Balaban J connectivity index is 1.98. The molecule has 2 aromatic rings. The third-order valence-electron chi connectivity index (χ3n) is 3.29. The van der Waals surface area contributed by atoms with Crippen molar-refractivity contribution in [3.8, 4) is 0 Å². The van der Waals surface area contributed by atoms with E-state index in [9.17, 15) is 18.0 Å². The zero-order valence-corrected chi connectivity index (χ0v) is 14.5. The average molecular weight is 361 g/mol. The molecule has 3 amide bonds. The van der Waals surface area contributed by atoms with Crippen LogP contribution in [0.2, 0.25) is 0 Å². The third-order valence-corrected chi connectivity index (χ3v) is 4.15. The molecule has 0 heterocycles. The zero-order chi connectivity index (χ0) is 18.4. The van der Waals surface area contributed by atoms with E-state index in [1.807, 2.05) is 0 Å². The molecule has 0 radical (unpaired) electrons. The third kappa shape index (κ3) is 6.27. The number of nitrogens with one attached hydrogen (secondary N) is 2. The average Bonchev–Trinajstić information content (AvgIpc) is 2.52. The molecule has 0 saturated carbocycles. The first kappa shape index (κ1) is 18.5. The number of amides is 3. The standard InChI is InChI=1S/C17H19N3O4S/c1-25(23,24)11-13-3-2-4-14(9-13)16(21)19-10-12-5-7-15(8-6-12)20-17(18)22/h2-9H,10-11H2,1H3,(H,19,21)(H3,18,20,22). The number of urea groups is 1. The second-order valence-corrected chi connectivity index (χ2v) is 7.78. The maximum absolute atomic E-state index is 12.2. The summed E-state index contributed by atoms with van der Waals surface area (Å²) in [6, 6.07) is 12.7. The van der Waals surface area contributed by atoms with Gasteiger partial charge in [0.25, 0.3) is 5.91 Å². The molecule has 0 aliphatic rings. The number of nitrogens with two attached hydrogens (primary N) is 1. The Bertz CT molecular complexity index is 877. The van der Waals surface area contributed by atoms with Crippen molar-refractivity contribution in [3.63, 3.8) is 0 Å². The van der Waals surface area contributed by atoms with Crippen LogP contribution in [0.4, 0.5) is 10.5 Å². The van der Waals surface area contributed by atoms with E-state index in [0.717, 1.165) is 11.8 Å². The summed E-state index contributed by atoms with van der Waals surface area (Å²) in [5, 5.41) is 5.22. The van der Waals surface area contributed by atoms with Gasteiger partial charge in [0.1, 0.15) is 0 Å². The van der Waals surface area contributed by atoms with E-state index in [1.165, 1.54) is 0 Å². The van der Waals surface area contributed by atoms with Gasteiger partial charge in [-0.05, 0) is 35.4 Å². The molecule has 25 heavy (non-hydrogen) atoms. The lowest BCUT2D eigenvalue weighted by Gasteiger charge is -2.08. The maximum atomic E-state index is 12.2. The van der Waals surface area contributed by atoms with Gasteiger partial charge in [-0.25, -0.2) is 13.2 Å². The summed E-state index contributed by atoms with van der Waals surface area (Å²) < 4.78 is 22.7. The smallest absolute Gasteiger partial charge is 0.316 e. The lowest BCUT2D eigenvalue weighted by molar-refractivity contribution is 0.0950. The van der Waals surface area contributed by atoms with Gasteiger partial charge in [-0.3, -0.25) is 4.79 Å². The number of anilines is 1. The van der Waals surface area contributed by atoms with Gasteiger partial charge in [0.15, 0.2) is 9.84 Å². The first-order chi connectivity index (χ1) is 11.7. The fourth-order valence-corrected chi connectivity index (χ4v) is 3.02. The van der Waals surface area contributed by atoms with Crippen molar-refractivity contribution in [2.24, 2.45) is 5.73 Å². The van der Waals surface area contributed by atoms with Crippen LogP contribution in [0, 0.1) is 0 Å². The summed E-state index contributed by atoms with van der Waals surface area (Å²) in [5.74, 6) is -0.405. The fourth-order valence-electron chi connectivity index (χ4n) is 2.24. The van der Waals surface area contributed by atoms with Crippen molar-refractivity contribution in [1.82, 2.24) is 5.32 Å². The molecule has 0 spiro atoms. The van der Waals surface area contributed by atoms with Crippen LogP contribution in [0.15, 0.2) is 48.5 Å². The van der Waals surface area contributed by atoms with E-state index in [1.54, 1.807) is 48.5 Å². The quantitative estimate of drug-likeness (QED) is 0.725. The number of hydrogen-bond donors (Lipinski definition) is 3. The molecular weight excluding hydrogens is 342 g/mol. The Morgan fingerprint density at radius 1 is 1.04 bits per heavy atom. The van der Waals surface area contributed by atoms with E-state index in [2.05, 4.69) is 10.6 Å². The molecule has 7 nitrogen and oxygen atoms in total. The predicted octanol–water partition coefficient (Wildman–Crippen LogP) is 1.65. The molecule has 0 unspecified atom stereocenters. The van der Waals surface area contributed by atoms with Crippen LogP contribution in [-0.2, 0) is 22.1 Å². The minimum absolute atomic E-state index is 0.109. The highest BCUT2D eigenvalue weighted by Crippen LogP contribution is 2.11. The molecule has 2 aromatic carbocycles.